The minimum absolute atomic E-state index is 0.127. The van der Waals surface area contributed by atoms with Crippen molar-refractivity contribution in [3.8, 4) is 5.69 Å². The molecule has 1 aromatic carbocycles. The standard InChI is InChI=1S/C19H18Cl2N4O4/c1-11-18-15(22-25(19(18)28)12-2-3-13(20)14(21)8-12)9-16(26)24(11)10-17(27)23-4-6-29-7-5-23/h2-3,8-9,22H,4-7,10H2,1H3. The zero-order valence-corrected chi connectivity index (χ0v) is 17.1. The summed E-state index contributed by atoms with van der Waals surface area (Å²) in [6, 6.07) is 6.12. The van der Waals surface area contributed by atoms with Crippen LogP contribution < -0.4 is 11.1 Å². The Hall–Kier alpha value is -2.55. The lowest BCUT2D eigenvalue weighted by Gasteiger charge is -2.27. The number of benzene rings is 1. The largest absolute Gasteiger partial charge is 0.378 e. The maximum Gasteiger partial charge on any atom is 0.280 e. The fraction of sp³-hybridized carbons (Fsp3) is 0.316. The summed E-state index contributed by atoms with van der Waals surface area (Å²) in [5.74, 6) is -0.182. The van der Waals surface area contributed by atoms with Gasteiger partial charge in [0, 0.05) is 24.8 Å². The fourth-order valence-electron chi connectivity index (χ4n) is 3.46. The number of halogens is 2. The van der Waals surface area contributed by atoms with E-state index in [0.29, 0.717) is 58.6 Å². The van der Waals surface area contributed by atoms with Gasteiger partial charge in [0.05, 0.1) is 39.8 Å². The molecule has 8 nitrogen and oxygen atoms in total. The molecule has 3 heterocycles. The van der Waals surface area contributed by atoms with Crippen LogP contribution >= 0.6 is 23.2 Å². The highest BCUT2D eigenvalue weighted by atomic mass is 35.5. The minimum atomic E-state index is -0.362. The van der Waals surface area contributed by atoms with Gasteiger partial charge < -0.3 is 14.2 Å². The molecule has 1 aliphatic heterocycles. The molecular weight excluding hydrogens is 419 g/mol. The van der Waals surface area contributed by atoms with Crippen LogP contribution in [0.15, 0.2) is 33.9 Å². The predicted molar refractivity (Wildman–Crippen MR) is 110 cm³/mol. The fourth-order valence-corrected chi connectivity index (χ4v) is 3.75. The van der Waals surface area contributed by atoms with Gasteiger partial charge in [-0.15, -0.1) is 0 Å². The number of aromatic amines is 1. The highest BCUT2D eigenvalue weighted by Crippen LogP contribution is 2.24. The van der Waals surface area contributed by atoms with E-state index < -0.39 is 0 Å². The summed E-state index contributed by atoms with van der Waals surface area (Å²) in [5, 5.41) is 3.95. The van der Waals surface area contributed by atoms with E-state index in [0.717, 1.165) is 0 Å². The molecule has 0 atom stereocenters. The van der Waals surface area contributed by atoms with E-state index in [1.807, 2.05) is 0 Å². The first kappa shape index (κ1) is 19.8. The number of rotatable bonds is 3. The Balaban J connectivity index is 1.77. The number of H-pyrrole nitrogens is 1. The summed E-state index contributed by atoms with van der Waals surface area (Å²) in [5.41, 5.74) is 0.596. The highest BCUT2D eigenvalue weighted by Gasteiger charge is 2.21. The molecule has 10 heteroatoms. The normalized spacial score (nSPS) is 14.5. The molecule has 1 N–H and O–H groups in total. The number of fused-ring (bicyclic) bond motifs is 1. The minimum Gasteiger partial charge on any atom is -0.378 e. The Kier molecular flexibility index (Phi) is 5.24. The molecule has 0 aliphatic carbocycles. The van der Waals surface area contributed by atoms with Gasteiger partial charge in [0.25, 0.3) is 11.1 Å². The van der Waals surface area contributed by atoms with E-state index in [2.05, 4.69) is 5.10 Å². The topological polar surface area (TPSA) is 89.3 Å². The van der Waals surface area contributed by atoms with Crippen LogP contribution in [0.1, 0.15) is 5.69 Å². The second kappa shape index (κ2) is 7.70. The van der Waals surface area contributed by atoms with Gasteiger partial charge in [0.2, 0.25) is 5.91 Å². The number of hydrogen-bond acceptors (Lipinski definition) is 4. The van der Waals surface area contributed by atoms with Crippen molar-refractivity contribution in [1.82, 2.24) is 19.2 Å². The molecule has 0 unspecified atom stereocenters. The number of aryl methyl sites for hydroxylation is 1. The average Bonchev–Trinajstić information content (AvgIpc) is 3.04. The summed E-state index contributed by atoms with van der Waals surface area (Å²) < 4.78 is 7.88. The first-order valence-electron chi connectivity index (χ1n) is 9.03. The predicted octanol–water partition coefficient (Wildman–Crippen LogP) is 1.95. The third-order valence-electron chi connectivity index (χ3n) is 5.04. The molecule has 29 heavy (non-hydrogen) atoms. The van der Waals surface area contributed by atoms with Crippen LogP contribution in [0.5, 0.6) is 0 Å². The zero-order chi connectivity index (χ0) is 20.7. The number of aromatic nitrogens is 3. The van der Waals surface area contributed by atoms with E-state index >= 15 is 0 Å². The quantitative estimate of drug-likeness (QED) is 0.679. The lowest BCUT2D eigenvalue weighted by atomic mass is 10.2. The molecule has 1 amide bonds. The van der Waals surface area contributed by atoms with Crippen molar-refractivity contribution in [3.05, 3.63) is 60.7 Å². The Morgan fingerprint density at radius 3 is 2.55 bits per heavy atom. The van der Waals surface area contributed by atoms with Crippen molar-refractivity contribution in [2.24, 2.45) is 0 Å². The van der Waals surface area contributed by atoms with Crippen LogP contribution in [0.3, 0.4) is 0 Å². The monoisotopic (exact) mass is 436 g/mol. The molecule has 0 saturated carbocycles. The summed E-state index contributed by atoms with van der Waals surface area (Å²) in [6.45, 7) is 3.46. The molecule has 1 aliphatic rings. The van der Waals surface area contributed by atoms with Crippen LogP contribution in [0, 0.1) is 6.92 Å². The number of morpholine rings is 1. The Bertz CT molecular complexity index is 1220. The maximum absolute atomic E-state index is 13.0. The molecule has 2 aromatic heterocycles. The number of carbonyl (C=O) groups is 1. The van der Waals surface area contributed by atoms with Crippen molar-refractivity contribution >= 4 is 40.0 Å². The average molecular weight is 437 g/mol. The molecule has 1 fully saturated rings. The molecule has 152 valence electrons. The van der Waals surface area contributed by atoms with Gasteiger partial charge in [-0.1, -0.05) is 23.2 Å². The first-order valence-corrected chi connectivity index (χ1v) is 9.78. The Labute approximate surface area is 175 Å². The van der Waals surface area contributed by atoms with Crippen molar-refractivity contribution in [2.75, 3.05) is 26.3 Å². The van der Waals surface area contributed by atoms with Gasteiger partial charge in [0.15, 0.2) is 0 Å². The second-order valence-corrected chi connectivity index (χ2v) is 7.60. The lowest BCUT2D eigenvalue weighted by molar-refractivity contribution is -0.135. The van der Waals surface area contributed by atoms with Crippen LogP contribution in [0.2, 0.25) is 10.0 Å². The van der Waals surface area contributed by atoms with Crippen molar-refractivity contribution in [1.29, 1.82) is 0 Å². The van der Waals surface area contributed by atoms with E-state index in [1.54, 1.807) is 30.0 Å². The van der Waals surface area contributed by atoms with Gasteiger partial charge in [-0.05, 0) is 25.1 Å². The molecule has 3 aromatic rings. The Morgan fingerprint density at radius 2 is 1.86 bits per heavy atom. The number of carbonyl (C=O) groups excluding carboxylic acids is 1. The van der Waals surface area contributed by atoms with Crippen LogP contribution in [-0.2, 0) is 16.1 Å². The van der Waals surface area contributed by atoms with Crippen molar-refractivity contribution in [3.63, 3.8) is 0 Å². The zero-order valence-electron chi connectivity index (χ0n) is 15.6. The van der Waals surface area contributed by atoms with Crippen molar-refractivity contribution < 1.29 is 9.53 Å². The van der Waals surface area contributed by atoms with Crippen molar-refractivity contribution in [2.45, 2.75) is 13.5 Å². The smallest absolute Gasteiger partial charge is 0.280 e. The highest BCUT2D eigenvalue weighted by molar-refractivity contribution is 6.42. The number of pyridine rings is 1. The SMILES string of the molecule is Cc1c2c(=O)n(-c3ccc(Cl)c(Cl)c3)[nH]c2cc(=O)n1CC(=O)N1CCOCC1. The van der Waals surface area contributed by atoms with E-state index in [1.165, 1.54) is 15.3 Å². The summed E-state index contributed by atoms with van der Waals surface area (Å²) >= 11 is 12.0. The van der Waals surface area contributed by atoms with E-state index in [-0.39, 0.29) is 23.6 Å². The van der Waals surface area contributed by atoms with Gasteiger partial charge in [-0.25, -0.2) is 4.68 Å². The summed E-state index contributed by atoms with van der Waals surface area (Å²) in [6.07, 6.45) is 0. The molecular formula is C19H18Cl2N4O4. The summed E-state index contributed by atoms with van der Waals surface area (Å²) in [4.78, 5) is 39.9. The molecule has 4 rings (SSSR count). The third-order valence-corrected chi connectivity index (χ3v) is 5.78. The van der Waals surface area contributed by atoms with E-state index in [9.17, 15) is 14.4 Å². The van der Waals surface area contributed by atoms with Crippen LogP contribution in [-0.4, -0.2) is 51.5 Å². The lowest BCUT2D eigenvalue weighted by Crippen LogP contribution is -2.43. The Morgan fingerprint density at radius 1 is 1.14 bits per heavy atom. The first-order chi connectivity index (χ1) is 13.9. The maximum atomic E-state index is 13.0. The number of nitrogens with zero attached hydrogens (tertiary/aromatic N) is 3. The molecule has 0 radical (unpaired) electrons. The number of amides is 1. The van der Waals surface area contributed by atoms with Gasteiger partial charge >= 0.3 is 0 Å². The molecule has 1 saturated heterocycles. The molecule has 0 spiro atoms. The van der Waals surface area contributed by atoms with E-state index in [4.69, 9.17) is 27.9 Å². The summed E-state index contributed by atoms with van der Waals surface area (Å²) in [7, 11) is 0. The van der Waals surface area contributed by atoms with Crippen LogP contribution in [0.4, 0.5) is 0 Å². The number of nitrogens with one attached hydrogen (secondary N) is 1. The molecule has 0 bridgehead atoms. The van der Waals surface area contributed by atoms with Crippen LogP contribution in [0.25, 0.3) is 16.6 Å². The second-order valence-electron chi connectivity index (χ2n) is 6.79. The van der Waals surface area contributed by atoms with Gasteiger partial charge in [0.1, 0.15) is 6.54 Å². The third kappa shape index (κ3) is 3.59. The number of hydrogen-bond donors (Lipinski definition) is 1. The number of ether oxygens (including phenoxy) is 1. The van der Waals surface area contributed by atoms with Gasteiger partial charge in [-0.2, -0.15) is 0 Å². The van der Waals surface area contributed by atoms with Gasteiger partial charge in [-0.3, -0.25) is 19.5 Å².